The fraction of sp³-hybridized carbons (Fsp3) is 0.908. The van der Waals surface area contributed by atoms with Crippen LogP contribution in [0.2, 0.25) is 0 Å². The Morgan fingerprint density at radius 2 is 0.662 bits per heavy atom. The highest BCUT2D eigenvalue weighted by molar-refractivity contribution is 5.76. The summed E-state index contributed by atoms with van der Waals surface area (Å²) in [6, 6.07) is -0.625. The van der Waals surface area contributed by atoms with Crippen molar-refractivity contribution >= 4 is 11.9 Å². The van der Waals surface area contributed by atoms with Gasteiger partial charge in [-0.05, 0) is 57.8 Å². The molecule has 0 aliphatic carbocycles. The topological polar surface area (TPSA) is 95.9 Å². The van der Waals surface area contributed by atoms with Gasteiger partial charge in [-0.3, -0.25) is 9.59 Å². The average molecular weight is 1000 g/mol. The summed E-state index contributed by atoms with van der Waals surface area (Å²) in [5, 5.41) is 23.1. The predicted molar refractivity (Wildman–Crippen MR) is 310 cm³/mol. The van der Waals surface area contributed by atoms with Gasteiger partial charge in [-0.2, -0.15) is 0 Å². The van der Waals surface area contributed by atoms with Crippen LogP contribution in [0.15, 0.2) is 24.3 Å². The molecule has 0 fully saturated rings. The minimum atomic E-state index is -0.842. The molecule has 6 nitrogen and oxygen atoms in total. The van der Waals surface area contributed by atoms with Gasteiger partial charge in [-0.25, -0.2) is 0 Å². The molecule has 6 heteroatoms. The summed E-state index contributed by atoms with van der Waals surface area (Å²) in [6.45, 7) is 4.91. The van der Waals surface area contributed by atoms with Crippen LogP contribution in [0.1, 0.15) is 354 Å². The molecule has 71 heavy (non-hydrogen) atoms. The summed E-state index contributed by atoms with van der Waals surface area (Å²) in [5.41, 5.74) is 0. The van der Waals surface area contributed by atoms with Gasteiger partial charge >= 0.3 is 5.97 Å². The Bertz CT molecular complexity index is 1110. The van der Waals surface area contributed by atoms with Gasteiger partial charge in [0.1, 0.15) is 0 Å². The number of hydrogen-bond acceptors (Lipinski definition) is 5. The van der Waals surface area contributed by atoms with Gasteiger partial charge in [-0.15, -0.1) is 0 Å². The summed E-state index contributed by atoms with van der Waals surface area (Å²) >= 11 is 0. The van der Waals surface area contributed by atoms with Crippen molar-refractivity contribution in [3.63, 3.8) is 0 Å². The Labute approximate surface area is 443 Å². The lowest BCUT2D eigenvalue weighted by molar-refractivity contribution is -0.143. The standard InChI is InChI=1S/C65H125NO5/c1-3-5-7-9-11-13-15-37-41-45-49-53-57-63(68)62(61-67)66-64(69)58-54-50-46-42-38-35-33-31-29-27-25-23-21-19-17-18-20-22-24-26-28-30-32-34-36-40-44-48-52-56-60-71-65(70)59-55-51-47-43-39-16-14-12-10-8-6-4-2/h18,20,53,57,62-63,67-68H,3-17,19,21-52,54-56,58-61H2,1-2H3,(H,66,69)/b20-18-,57-53+. The number of hydrogen-bond donors (Lipinski definition) is 3. The summed E-state index contributed by atoms with van der Waals surface area (Å²) in [6.07, 6.45) is 75.3. The lowest BCUT2D eigenvalue weighted by Gasteiger charge is -2.20. The van der Waals surface area contributed by atoms with Gasteiger partial charge in [0.2, 0.25) is 5.91 Å². The molecule has 0 bridgehead atoms. The number of aliphatic hydroxyl groups is 2. The van der Waals surface area contributed by atoms with E-state index in [4.69, 9.17) is 4.74 Å². The van der Waals surface area contributed by atoms with E-state index in [0.29, 0.717) is 19.4 Å². The SMILES string of the molecule is CCCCCCCCCCCC/C=C/C(O)C(CO)NC(=O)CCCCCCCCCCCCCCCC/C=C\CCCCCCCCCCCCCCOC(=O)CCCCCCCCCCCCCC. The zero-order valence-corrected chi connectivity index (χ0v) is 48.0. The lowest BCUT2D eigenvalue weighted by Crippen LogP contribution is -2.45. The maximum absolute atomic E-state index is 12.4. The van der Waals surface area contributed by atoms with Crippen molar-refractivity contribution in [1.29, 1.82) is 0 Å². The van der Waals surface area contributed by atoms with Crippen LogP contribution in [0.3, 0.4) is 0 Å². The zero-order chi connectivity index (χ0) is 51.4. The number of rotatable bonds is 60. The van der Waals surface area contributed by atoms with Crippen LogP contribution in [-0.4, -0.2) is 47.4 Å². The quantitative estimate of drug-likeness (QED) is 0.0320. The van der Waals surface area contributed by atoms with Gasteiger partial charge < -0.3 is 20.3 Å². The van der Waals surface area contributed by atoms with Crippen LogP contribution in [0.5, 0.6) is 0 Å². The highest BCUT2D eigenvalue weighted by Gasteiger charge is 2.18. The number of unbranched alkanes of at least 4 members (excludes halogenated alkanes) is 47. The number of ether oxygens (including phenoxy) is 1. The zero-order valence-electron chi connectivity index (χ0n) is 48.0. The van der Waals surface area contributed by atoms with Crippen LogP contribution < -0.4 is 5.32 Å². The number of carbonyl (C=O) groups excluding carboxylic acids is 2. The second kappa shape index (κ2) is 60.9. The Balaban J connectivity index is 3.36. The molecule has 0 saturated carbocycles. The highest BCUT2D eigenvalue weighted by Crippen LogP contribution is 2.18. The molecule has 0 saturated heterocycles. The van der Waals surface area contributed by atoms with Crippen molar-refractivity contribution in [3.8, 4) is 0 Å². The Morgan fingerprint density at radius 3 is 1.00 bits per heavy atom. The normalized spacial score (nSPS) is 12.7. The first-order chi connectivity index (χ1) is 35.0. The van der Waals surface area contributed by atoms with Gasteiger partial charge in [0.15, 0.2) is 0 Å². The van der Waals surface area contributed by atoms with Crippen molar-refractivity contribution < 1.29 is 24.5 Å². The number of nitrogens with one attached hydrogen (secondary N) is 1. The van der Waals surface area contributed by atoms with E-state index in [-0.39, 0.29) is 18.5 Å². The van der Waals surface area contributed by atoms with E-state index in [2.05, 4.69) is 31.3 Å². The largest absolute Gasteiger partial charge is 0.466 e. The summed E-state index contributed by atoms with van der Waals surface area (Å²) in [5.74, 6) is -0.0482. The van der Waals surface area contributed by atoms with E-state index >= 15 is 0 Å². The third kappa shape index (κ3) is 57.5. The van der Waals surface area contributed by atoms with E-state index in [9.17, 15) is 19.8 Å². The van der Waals surface area contributed by atoms with Crippen molar-refractivity contribution in [3.05, 3.63) is 24.3 Å². The molecule has 1 amide bonds. The maximum Gasteiger partial charge on any atom is 0.305 e. The van der Waals surface area contributed by atoms with E-state index in [0.717, 1.165) is 38.5 Å². The summed E-state index contributed by atoms with van der Waals surface area (Å²) in [7, 11) is 0. The number of amides is 1. The van der Waals surface area contributed by atoms with Gasteiger partial charge in [-0.1, -0.05) is 308 Å². The molecular weight excluding hydrogens is 875 g/mol. The molecular formula is C65H125NO5. The second-order valence-corrected chi connectivity index (χ2v) is 22.1. The van der Waals surface area contributed by atoms with E-state index in [1.54, 1.807) is 6.08 Å². The molecule has 0 aromatic rings. The molecule has 0 rings (SSSR count). The van der Waals surface area contributed by atoms with Crippen LogP contribution in [0, 0.1) is 0 Å². The molecule has 2 atom stereocenters. The van der Waals surface area contributed by atoms with Crippen LogP contribution in [0.25, 0.3) is 0 Å². The predicted octanol–water partition coefficient (Wildman–Crippen LogP) is 20.2. The van der Waals surface area contributed by atoms with Gasteiger partial charge in [0, 0.05) is 12.8 Å². The monoisotopic (exact) mass is 1000 g/mol. The Morgan fingerprint density at radius 1 is 0.380 bits per heavy atom. The van der Waals surface area contributed by atoms with E-state index < -0.39 is 12.1 Å². The number of aliphatic hydroxyl groups excluding tert-OH is 2. The van der Waals surface area contributed by atoms with Gasteiger partial charge in [0.05, 0.1) is 25.4 Å². The fourth-order valence-electron chi connectivity index (χ4n) is 10.0. The van der Waals surface area contributed by atoms with E-state index in [1.807, 2.05) is 6.08 Å². The molecule has 420 valence electrons. The summed E-state index contributed by atoms with van der Waals surface area (Å²) in [4.78, 5) is 24.5. The lowest BCUT2D eigenvalue weighted by atomic mass is 10.0. The fourth-order valence-corrected chi connectivity index (χ4v) is 10.0. The number of carbonyl (C=O) groups is 2. The molecule has 0 spiro atoms. The molecule has 3 N–H and O–H groups in total. The highest BCUT2D eigenvalue weighted by atomic mass is 16.5. The van der Waals surface area contributed by atoms with Crippen LogP contribution in [-0.2, 0) is 14.3 Å². The minimum absolute atomic E-state index is 0.0177. The first-order valence-corrected chi connectivity index (χ1v) is 32.1. The van der Waals surface area contributed by atoms with Crippen LogP contribution >= 0.6 is 0 Å². The third-order valence-electron chi connectivity index (χ3n) is 15.0. The minimum Gasteiger partial charge on any atom is -0.466 e. The average Bonchev–Trinajstić information content (AvgIpc) is 3.37. The van der Waals surface area contributed by atoms with Gasteiger partial charge in [0.25, 0.3) is 0 Å². The summed E-state index contributed by atoms with van der Waals surface area (Å²) < 4.78 is 5.48. The van der Waals surface area contributed by atoms with Crippen molar-refractivity contribution in [2.75, 3.05) is 13.2 Å². The first kappa shape index (κ1) is 69.3. The van der Waals surface area contributed by atoms with Crippen molar-refractivity contribution in [2.45, 2.75) is 366 Å². The molecule has 0 aliphatic rings. The smallest absolute Gasteiger partial charge is 0.305 e. The molecule has 0 aliphatic heterocycles. The molecule has 2 unspecified atom stereocenters. The number of esters is 1. The van der Waals surface area contributed by atoms with E-state index in [1.165, 1.54) is 289 Å². The number of allylic oxidation sites excluding steroid dienone is 3. The van der Waals surface area contributed by atoms with Crippen molar-refractivity contribution in [1.82, 2.24) is 5.32 Å². The molecule has 0 heterocycles. The third-order valence-corrected chi connectivity index (χ3v) is 15.0. The first-order valence-electron chi connectivity index (χ1n) is 32.1. The molecule has 0 radical (unpaired) electrons. The second-order valence-electron chi connectivity index (χ2n) is 22.1. The molecule has 0 aromatic heterocycles. The Hall–Kier alpha value is -1.66. The van der Waals surface area contributed by atoms with Crippen LogP contribution in [0.4, 0.5) is 0 Å². The van der Waals surface area contributed by atoms with Crippen molar-refractivity contribution in [2.24, 2.45) is 0 Å². The maximum atomic E-state index is 12.4. The molecule has 0 aromatic carbocycles. The Kier molecular flexibility index (Phi) is 59.5.